The number of aromatic amines is 1. The van der Waals surface area contributed by atoms with Crippen LogP contribution in [0, 0.1) is 0 Å². The summed E-state index contributed by atoms with van der Waals surface area (Å²) < 4.78 is 10.8. The van der Waals surface area contributed by atoms with Gasteiger partial charge in [-0.3, -0.25) is 0 Å². The lowest BCUT2D eigenvalue weighted by atomic mass is 10.1. The summed E-state index contributed by atoms with van der Waals surface area (Å²) in [5, 5.41) is 4.54. The molecule has 0 amide bonds. The van der Waals surface area contributed by atoms with Gasteiger partial charge in [0.2, 0.25) is 0 Å². The second-order valence-corrected chi connectivity index (χ2v) is 4.23. The van der Waals surface area contributed by atoms with Crippen molar-refractivity contribution in [3.8, 4) is 11.5 Å². The Labute approximate surface area is 99.9 Å². The number of rotatable bonds is 2. The molecule has 0 saturated carbocycles. The Morgan fingerprint density at radius 2 is 1.88 bits per heavy atom. The first kappa shape index (κ1) is 10.5. The van der Waals surface area contributed by atoms with Gasteiger partial charge in [-0.1, -0.05) is 0 Å². The summed E-state index contributed by atoms with van der Waals surface area (Å²) in [5.74, 6) is 1.78. The van der Waals surface area contributed by atoms with E-state index in [1.807, 2.05) is 12.1 Å². The highest BCUT2D eigenvalue weighted by Crippen LogP contribution is 2.37. The van der Waals surface area contributed by atoms with Gasteiger partial charge in [0.1, 0.15) is 11.5 Å². The molecule has 0 saturated heterocycles. The molecule has 1 aromatic heterocycles. The van der Waals surface area contributed by atoms with E-state index in [1.54, 1.807) is 14.2 Å². The first-order valence-corrected chi connectivity index (χ1v) is 5.80. The van der Waals surface area contributed by atoms with Crippen LogP contribution in [0.3, 0.4) is 0 Å². The molecule has 1 aliphatic heterocycles. The van der Waals surface area contributed by atoms with Gasteiger partial charge in [0, 0.05) is 25.2 Å². The first-order valence-electron chi connectivity index (χ1n) is 5.80. The number of hydrogen-bond donors (Lipinski definition) is 2. The van der Waals surface area contributed by atoms with E-state index in [-0.39, 0.29) is 0 Å². The van der Waals surface area contributed by atoms with Gasteiger partial charge in [0.25, 0.3) is 0 Å². The quantitative estimate of drug-likeness (QED) is 0.830. The van der Waals surface area contributed by atoms with Crippen LogP contribution in [0.5, 0.6) is 11.5 Å². The molecule has 0 atom stereocenters. The number of methoxy groups -OCH3 is 2. The minimum Gasteiger partial charge on any atom is -0.496 e. The van der Waals surface area contributed by atoms with E-state index in [1.165, 1.54) is 11.3 Å². The third-order valence-corrected chi connectivity index (χ3v) is 3.36. The molecule has 17 heavy (non-hydrogen) atoms. The van der Waals surface area contributed by atoms with Crippen molar-refractivity contribution < 1.29 is 9.47 Å². The van der Waals surface area contributed by atoms with Gasteiger partial charge in [-0.2, -0.15) is 0 Å². The van der Waals surface area contributed by atoms with Gasteiger partial charge in [-0.25, -0.2) is 0 Å². The average Bonchev–Trinajstić information content (AvgIpc) is 2.77. The molecular weight excluding hydrogens is 216 g/mol. The third kappa shape index (κ3) is 1.48. The predicted molar refractivity (Wildman–Crippen MR) is 66.8 cm³/mol. The van der Waals surface area contributed by atoms with Crippen LogP contribution in [0.2, 0.25) is 0 Å². The number of nitrogens with one attached hydrogen (secondary N) is 2. The van der Waals surface area contributed by atoms with Gasteiger partial charge in [0.05, 0.1) is 25.1 Å². The maximum atomic E-state index is 5.45. The topological polar surface area (TPSA) is 46.3 Å². The Kier molecular flexibility index (Phi) is 2.44. The lowest BCUT2D eigenvalue weighted by molar-refractivity contribution is 0.410. The van der Waals surface area contributed by atoms with E-state index >= 15 is 0 Å². The molecule has 0 fully saturated rings. The highest BCUT2D eigenvalue weighted by atomic mass is 16.5. The van der Waals surface area contributed by atoms with Crippen molar-refractivity contribution >= 4 is 10.9 Å². The van der Waals surface area contributed by atoms with Crippen LogP contribution < -0.4 is 14.8 Å². The van der Waals surface area contributed by atoms with Crippen molar-refractivity contribution in [2.45, 2.75) is 13.0 Å². The Morgan fingerprint density at radius 3 is 2.65 bits per heavy atom. The molecule has 0 aliphatic carbocycles. The Bertz CT molecular complexity index is 560. The van der Waals surface area contributed by atoms with Crippen LogP contribution in [0.4, 0.5) is 0 Å². The van der Waals surface area contributed by atoms with E-state index in [0.29, 0.717) is 0 Å². The summed E-state index contributed by atoms with van der Waals surface area (Å²) in [6.45, 7) is 1.91. The molecule has 2 N–H and O–H groups in total. The second kappa shape index (κ2) is 3.96. The van der Waals surface area contributed by atoms with E-state index in [4.69, 9.17) is 9.47 Å². The van der Waals surface area contributed by atoms with Gasteiger partial charge in [-0.15, -0.1) is 0 Å². The Morgan fingerprint density at radius 1 is 1.12 bits per heavy atom. The van der Waals surface area contributed by atoms with Gasteiger partial charge < -0.3 is 19.8 Å². The fourth-order valence-electron chi connectivity index (χ4n) is 2.54. The van der Waals surface area contributed by atoms with Crippen LogP contribution >= 0.6 is 0 Å². The van der Waals surface area contributed by atoms with Crippen molar-refractivity contribution in [1.82, 2.24) is 10.3 Å². The molecule has 1 aliphatic rings. The molecule has 2 aromatic rings. The molecule has 4 heteroatoms. The number of hydrogen-bond acceptors (Lipinski definition) is 3. The summed E-state index contributed by atoms with van der Waals surface area (Å²) in [4.78, 5) is 3.47. The van der Waals surface area contributed by atoms with Crippen LogP contribution in [-0.4, -0.2) is 25.7 Å². The molecule has 0 radical (unpaired) electrons. The minimum absolute atomic E-state index is 0.871. The van der Waals surface area contributed by atoms with Crippen molar-refractivity contribution in [3.05, 3.63) is 23.4 Å². The zero-order valence-electron chi connectivity index (χ0n) is 10.1. The molecule has 3 rings (SSSR count). The molecule has 0 unspecified atom stereocenters. The molecule has 90 valence electrons. The summed E-state index contributed by atoms with van der Waals surface area (Å²) >= 11 is 0. The number of H-pyrrole nitrogens is 1. The van der Waals surface area contributed by atoms with Crippen LogP contribution in [0.1, 0.15) is 11.3 Å². The number of benzene rings is 1. The van der Waals surface area contributed by atoms with Crippen LogP contribution in [0.15, 0.2) is 12.1 Å². The molecule has 0 spiro atoms. The summed E-state index contributed by atoms with van der Waals surface area (Å²) in [6.07, 6.45) is 1.02. The summed E-state index contributed by atoms with van der Waals surface area (Å²) in [6, 6.07) is 3.90. The maximum Gasteiger partial charge on any atom is 0.143 e. The summed E-state index contributed by atoms with van der Waals surface area (Å²) in [7, 11) is 3.40. The SMILES string of the molecule is COc1ccc(OC)c2c3c([nH]c12)CCNC3. The number of aromatic nitrogens is 1. The lowest BCUT2D eigenvalue weighted by Crippen LogP contribution is -2.22. The van der Waals surface area contributed by atoms with Crippen molar-refractivity contribution in [2.24, 2.45) is 0 Å². The minimum atomic E-state index is 0.871. The lowest BCUT2D eigenvalue weighted by Gasteiger charge is -2.13. The van der Waals surface area contributed by atoms with Crippen molar-refractivity contribution in [3.63, 3.8) is 0 Å². The highest BCUT2D eigenvalue weighted by molar-refractivity contribution is 5.95. The maximum absolute atomic E-state index is 5.45. The highest BCUT2D eigenvalue weighted by Gasteiger charge is 2.20. The zero-order valence-corrected chi connectivity index (χ0v) is 10.1. The zero-order chi connectivity index (χ0) is 11.8. The average molecular weight is 232 g/mol. The van der Waals surface area contributed by atoms with Crippen molar-refractivity contribution in [1.29, 1.82) is 0 Å². The molecule has 0 bridgehead atoms. The summed E-state index contributed by atoms with van der Waals surface area (Å²) in [5.41, 5.74) is 3.64. The Balaban J connectivity index is 2.34. The van der Waals surface area contributed by atoms with Crippen LogP contribution in [-0.2, 0) is 13.0 Å². The molecular formula is C13H16N2O2. The number of fused-ring (bicyclic) bond motifs is 3. The van der Waals surface area contributed by atoms with Gasteiger partial charge >= 0.3 is 0 Å². The van der Waals surface area contributed by atoms with Crippen LogP contribution in [0.25, 0.3) is 10.9 Å². The van der Waals surface area contributed by atoms with E-state index in [2.05, 4.69) is 10.3 Å². The van der Waals surface area contributed by atoms with Gasteiger partial charge in [0.15, 0.2) is 0 Å². The fourth-order valence-corrected chi connectivity index (χ4v) is 2.54. The molecule has 4 nitrogen and oxygen atoms in total. The molecule has 1 aromatic carbocycles. The standard InChI is InChI=1S/C13H16N2O2/c1-16-10-3-4-11(17-2)13-12(10)8-7-14-6-5-9(8)15-13/h3-4,14-15H,5-7H2,1-2H3. The Hall–Kier alpha value is -1.68. The largest absolute Gasteiger partial charge is 0.496 e. The van der Waals surface area contributed by atoms with E-state index in [9.17, 15) is 0 Å². The van der Waals surface area contributed by atoms with E-state index < -0.39 is 0 Å². The predicted octanol–water partition coefficient (Wildman–Crippen LogP) is 1.83. The second-order valence-electron chi connectivity index (χ2n) is 4.23. The van der Waals surface area contributed by atoms with Gasteiger partial charge in [-0.05, 0) is 17.7 Å². The van der Waals surface area contributed by atoms with E-state index in [0.717, 1.165) is 41.9 Å². The monoisotopic (exact) mass is 232 g/mol. The fraction of sp³-hybridized carbons (Fsp3) is 0.385. The number of ether oxygens (including phenoxy) is 2. The van der Waals surface area contributed by atoms with Crippen molar-refractivity contribution in [2.75, 3.05) is 20.8 Å². The third-order valence-electron chi connectivity index (χ3n) is 3.36. The smallest absolute Gasteiger partial charge is 0.143 e. The first-order chi connectivity index (χ1) is 8.35. The molecule has 2 heterocycles. The normalized spacial score (nSPS) is 14.7.